The molecule has 1 saturated heterocycles. The third-order valence-corrected chi connectivity index (χ3v) is 4.36. The number of fused-ring (bicyclic) bond motifs is 1. The predicted octanol–water partition coefficient (Wildman–Crippen LogP) is 1.62. The number of guanidine groups is 1. The predicted molar refractivity (Wildman–Crippen MR) is 109 cm³/mol. The number of nitrogens with one attached hydrogen (secondary N) is 1. The van der Waals surface area contributed by atoms with E-state index in [1.165, 1.54) is 0 Å². The summed E-state index contributed by atoms with van der Waals surface area (Å²) in [4.78, 5) is 22.3. The second-order valence-electron chi connectivity index (χ2n) is 6.22. The lowest BCUT2D eigenvalue weighted by Gasteiger charge is -2.34. The summed E-state index contributed by atoms with van der Waals surface area (Å²) in [5.74, 6) is 0.931. The molecule has 1 fully saturated rings. The van der Waals surface area contributed by atoms with Gasteiger partial charge in [-0.05, 0) is 30.9 Å². The Morgan fingerprint density at radius 3 is 3.04 bits per heavy atom. The molecule has 1 aliphatic heterocycles. The van der Waals surface area contributed by atoms with Crippen LogP contribution in [0, 0.1) is 5.92 Å². The number of rotatable bonds is 4. The van der Waals surface area contributed by atoms with E-state index in [1.54, 1.807) is 7.05 Å². The quantitative estimate of drug-likeness (QED) is 0.416. The summed E-state index contributed by atoms with van der Waals surface area (Å²) < 4.78 is 2.00. The summed E-state index contributed by atoms with van der Waals surface area (Å²) >= 11 is 0. The molecule has 25 heavy (non-hydrogen) atoms. The van der Waals surface area contributed by atoms with E-state index in [0.29, 0.717) is 18.9 Å². The average molecular weight is 456 g/mol. The van der Waals surface area contributed by atoms with Crippen LogP contribution in [0.25, 0.3) is 5.65 Å². The minimum Gasteiger partial charge on any atom is -0.370 e. The van der Waals surface area contributed by atoms with Crippen molar-refractivity contribution in [3.63, 3.8) is 0 Å². The zero-order chi connectivity index (χ0) is 16.9. The smallest absolute Gasteiger partial charge is 0.217 e. The maximum atomic E-state index is 11.2. The van der Waals surface area contributed by atoms with Crippen LogP contribution in [0.5, 0.6) is 0 Å². The van der Waals surface area contributed by atoms with Crippen LogP contribution in [0.3, 0.4) is 0 Å². The lowest BCUT2D eigenvalue weighted by atomic mass is 9.95. The zero-order valence-electron chi connectivity index (χ0n) is 14.4. The molecule has 1 amide bonds. The Kier molecular flexibility index (Phi) is 7.03. The van der Waals surface area contributed by atoms with Crippen molar-refractivity contribution in [1.29, 1.82) is 0 Å². The zero-order valence-corrected chi connectivity index (χ0v) is 16.7. The summed E-state index contributed by atoms with van der Waals surface area (Å²) in [6.45, 7) is 2.37. The monoisotopic (exact) mass is 456 g/mol. The van der Waals surface area contributed by atoms with Gasteiger partial charge in [0, 0.05) is 39.0 Å². The molecule has 3 heterocycles. The number of aromatic nitrogens is 2. The molecule has 3 N–H and O–H groups in total. The number of imidazole rings is 1. The minimum absolute atomic E-state index is 0. The van der Waals surface area contributed by atoms with Crippen molar-refractivity contribution in [2.24, 2.45) is 16.6 Å². The number of amides is 1. The minimum atomic E-state index is -0.227. The number of aliphatic imine (C=N–C) groups is 1. The first-order chi connectivity index (χ1) is 11.7. The Morgan fingerprint density at radius 2 is 2.32 bits per heavy atom. The number of carbonyl (C=O) groups is 1. The number of nitrogens with two attached hydrogens (primary N) is 1. The van der Waals surface area contributed by atoms with E-state index in [9.17, 15) is 4.79 Å². The Morgan fingerprint density at radius 1 is 1.48 bits per heavy atom. The second-order valence-corrected chi connectivity index (χ2v) is 6.22. The van der Waals surface area contributed by atoms with Crippen LogP contribution in [0.1, 0.15) is 25.0 Å². The summed E-state index contributed by atoms with van der Waals surface area (Å²) in [5.41, 5.74) is 7.23. The van der Waals surface area contributed by atoms with Gasteiger partial charge >= 0.3 is 0 Å². The maximum absolute atomic E-state index is 11.2. The highest BCUT2D eigenvalue weighted by Gasteiger charge is 2.23. The summed E-state index contributed by atoms with van der Waals surface area (Å²) in [6.07, 6.45) is 6.54. The van der Waals surface area contributed by atoms with E-state index in [-0.39, 0.29) is 29.9 Å². The molecule has 0 radical (unpaired) electrons. The van der Waals surface area contributed by atoms with Gasteiger partial charge in [-0.1, -0.05) is 6.07 Å². The highest BCUT2D eigenvalue weighted by atomic mass is 127. The molecular weight excluding hydrogens is 431 g/mol. The molecule has 0 aliphatic carbocycles. The lowest BCUT2D eigenvalue weighted by molar-refractivity contribution is -0.119. The number of likely N-dealkylation sites (tertiary alicyclic amines) is 1. The molecule has 136 valence electrons. The van der Waals surface area contributed by atoms with E-state index in [0.717, 1.165) is 43.2 Å². The second kappa shape index (κ2) is 9.02. The van der Waals surface area contributed by atoms with E-state index < -0.39 is 0 Å². The highest BCUT2D eigenvalue weighted by Crippen LogP contribution is 2.19. The van der Waals surface area contributed by atoms with Gasteiger partial charge in [0.05, 0.1) is 12.2 Å². The van der Waals surface area contributed by atoms with Crippen molar-refractivity contribution in [3.8, 4) is 0 Å². The van der Waals surface area contributed by atoms with Crippen molar-refractivity contribution in [2.75, 3.05) is 20.1 Å². The van der Waals surface area contributed by atoms with Gasteiger partial charge in [0.1, 0.15) is 5.65 Å². The van der Waals surface area contributed by atoms with Gasteiger partial charge in [-0.3, -0.25) is 9.79 Å². The van der Waals surface area contributed by atoms with Crippen LogP contribution >= 0.6 is 24.0 Å². The fourth-order valence-corrected chi connectivity index (χ4v) is 3.28. The summed E-state index contributed by atoms with van der Waals surface area (Å²) in [5, 5.41) is 3.37. The van der Waals surface area contributed by atoms with Gasteiger partial charge in [0.25, 0.3) is 0 Å². The normalized spacial score (nSPS) is 18.0. The van der Waals surface area contributed by atoms with E-state index >= 15 is 0 Å². The molecule has 2 aromatic rings. The summed E-state index contributed by atoms with van der Waals surface area (Å²) in [7, 11) is 1.78. The first kappa shape index (κ1) is 19.5. The molecule has 0 spiro atoms. The number of pyridine rings is 1. The third kappa shape index (κ3) is 5.07. The van der Waals surface area contributed by atoms with Gasteiger partial charge in [0.15, 0.2) is 5.96 Å². The van der Waals surface area contributed by atoms with Gasteiger partial charge in [-0.25, -0.2) is 4.98 Å². The number of primary amides is 1. The topological polar surface area (TPSA) is 88.0 Å². The Bertz CT molecular complexity index is 711. The molecule has 0 bridgehead atoms. The van der Waals surface area contributed by atoms with E-state index in [1.807, 2.05) is 35.0 Å². The number of halogens is 1. The fourth-order valence-electron chi connectivity index (χ4n) is 3.28. The first-order valence-electron chi connectivity index (χ1n) is 8.32. The number of carbonyl (C=O) groups excluding carboxylic acids is 1. The molecule has 1 aliphatic rings. The van der Waals surface area contributed by atoms with Crippen LogP contribution in [0.15, 0.2) is 35.6 Å². The molecule has 8 heteroatoms. The third-order valence-electron chi connectivity index (χ3n) is 4.36. The molecule has 7 nitrogen and oxygen atoms in total. The van der Waals surface area contributed by atoms with Crippen molar-refractivity contribution >= 4 is 41.5 Å². The molecular formula is C17H25IN6O. The van der Waals surface area contributed by atoms with Gasteiger partial charge in [-0.15, -0.1) is 24.0 Å². The Hall–Kier alpha value is -1.84. The molecule has 3 rings (SSSR count). The van der Waals surface area contributed by atoms with Crippen LogP contribution < -0.4 is 11.1 Å². The van der Waals surface area contributed by atoms with Crippen molar-refractivity contribution in [2.45, 2.75) is 25.8 Å². The molecule has 0 saturated carbocycles. The molecule has 2 aromatic heterocycles. The fraction of sp³-hybridized carbons (Fsp3) is 0.471. The van der Waals surface area contributed by atoms with Gasteiger partial charge in [-0.2, -0.15) is 0 Å². The largest absolute Gasteiger partial charge is 0.370 e. The van der Waals surface area contributed by atoms with Gasteiger partial charge in [0.2, 0.25) is 5.91 Å². The molecule has 1 unspecified atom stereocenters. The van der Waals surface area contributed by atoms with Crippen molar-refractivity contribution in [1.82, 2.24) is 19.6 Å². The number of piperidine rings is 1. The standard InChI is InChI=1S/C17H24N6O.HI/c1-19-17(23-8-4-5-13(11-23)9-15(18)24)20-10-14-12-22-7-3-2-6-16(22)21-14;/h2-3,6-7,12-13H,4-5,8-11H2,1H3,(H2,18,24)(H,19,20);1H. The van der Waals surface area contributed by atoms with Gasteiger partial charge < -0.3 is 20.4 Å². The van der Waals surface area contributed by atoms with Crippen LogP contribution in [0.2, 0.25) is 0 Å². The average Bonchev–Trinajstić information content (AvgIpc) is 2.98. The van der Waals surface area contributed by atoms with Crippen molar-refractivity contribution < 1.29 is 4.79 Å². The molecule has 1 atom stereocenters. The highest BCUT2D eigenvalue weighted by molar-refractivity contribution is 14.0. The SMILES string of the molecule is CN=C(NCc1cn2ccccc2n1)N1CCCC(CC(N)=O)C1.I. The number of nitrogens with zero attached hydrogens (tertiary/aromatic N) is 4. The van der Waals surface area contributed by atoms with Crippen LogP contribution in [0.4, 0.5) is 0 Å². The first-order valence-corrected chi connectivity index (χ1v) is 8.32. The Labute approximate surface area is 164 Å². The summed E-state index contributed by atoms with van der Waals surface area (Å²) in [6, 6.07) is 5.94. The van der Waals surface area contributed by atoms with Crippen LogP contribution in [-0.2, 0) is 11.3 Å². The van der Waals surface area contributed by atoms with Crippen molar-refractivity contribution in [3.05, 3.63) is 36.3 Å². The number of hydrogen-bond donors (Lipinski definition) is 2. The lowest BCUT2D eigenvalue weighted by Crippen LogP contribution is -2.46. The number of hydrogen-bond acceptors (Lipinski definition) is 3. The van der Waals surface area contributed by atoms with E-state index in [2.05, 4.69) is 20.2 Å². The van der Waals surface area contributed by atoms with Crippen LogP contribution in [-0.4, -0.2) is 46.3 Å². The van der Waals surface area contributed by atoms with E-state index in [4.69, 9.17) is 5.73 Å². The maximum Gasteiger partial charge on any atom is 0.217 e. The molecule has 0 aromatic carbocycles. The Balaban J connectivity index is 0.00000225.